The Morgan fingerprint density at radius 3 is 2.46 bits per heavy atom. The van der Waals surface area contributed by atoms with E-state index in [2.05, 4.69) is 11.5 Å². The van der Waals surface area contributed by atoms with Gasteiger partial charge in [0.2, 0.25) is 10.0 Å². The van der Waals surface area contributed by atoms with Crippen LogP contribution in [0.5, 0.6) is 0 Å². The molecule has 0 saturated carbocycles. The predicted molar refractivity (Wildman–Crippen MR) is 106 cm³/mol. The van der Waals surface area contributed by atoms with Crippen molar-refractivity contribution in [3.8, 4) is 11.3 Å². The maximum absolute atomic E-state index is 12.4. The van der Waals surface area contributed by atoms with Gasteiger partial charge in [-0.1, -0.05) is 30.3 Å². The molecule has 0 N–H and O–H groups in total. The summed E-state index contributed by atoms with van der Waals surface area (Å²) in [5, 5.41) is 2.02. The molecule has 1 heterocycles. The number of sulfonamides is 1. The Labute approximate surface area is 157 Å². The molecule has 0 bridgehead atoms. The fraction of sp³-hybridized carbons (Fsp3) is 0.211. The van der Waals surface area contributed by atoms with Crippen LogP contribution < -0.4 is 4.80 Å². The number of hydrogen-bond donors (Lipinski definition) is 0. The van der Waals surface area contributed by atoms with Crippen LogP contribution >= 0.6 is 11.3 Å². The number of hydrogen-bond acceptors (Lipinski definition) is 4. The second-order valence-corrected chi connectivity index (χ2v) is 8.90. The van der Waals surface area contributed by atoms with Crippen molar-refractivity contribution >= 4 is 27.0 Å². The fourth-order valence-electron chi connectivity index (χ4n) is 2.59. The van der Waals surface area contributed by atoms with Crippen LogP contribution in [0, 0.1) is 0 Å². The summed E-state index contributed by atoms with van der Waals surface area (Å²) in [6.07, 6.45) is 0. The summed E-state index contributed by atoms with van der Waals surface area (Å²) >= 11 is 1.55. The Hall–Kier alpha value is -2.22. The van der Waals surface area contributed by atoms with Crippen molar-refractivity contribution in [3.05, 3.63) is 64.8 Å². The molecule has 0 radical (unpaired) electrons. The van der Waals surface area contributed by atoms with Crippen molar-refractivity contribution in [2.24, 2.45) is 4.99 Å². The molecular weight excluding hydrogens is 366 g/mol. The van der Waals surface area contributed by atoms with E-state index >= 15 is 0 Å². The third-order valence-corrected chi connectivity index (χ3v) is 6.68. The van der Waals surface area contributed by atoms with Gasteiger partial charge in [-0.2, -0.15) is 0 Å². The molecule has 2 aromatic carbocycles. The Kier molecular flexibility index (Phi) is 5.41. The van der Waals surface area contributed by atoms with Gasteiger partial charge in [0.1, 0.15) is 0 Å². The average molecular weight is 388 g/mol. The van der Waals surface area contributed by atoms with E-state index in [0.29, 0.717) is 0 Å². The third kappa shape index (κ3) is 3.65. The molecule has 7 heteroatoms. The van der Waals surface area contributed by atoms with Crippen LogP contribution in [-0.2, 0) is 16.6 Å². The number of benzene rings is 2. The first-order valence-corrected chi connectivity index (χ1v) is 10.6. The zero-order chi connectivity index (χ0) is 18.7. The van der Waals surface area contributed by atoms with Crippen molar-refractivity contribution in [1.82, 2.24) is 8.87 Å². The van der Waals surface area contributed by atoms with Crippen LogP contribution in [-0.4, -0.2) is 31.4 Å². The number of thiazole rings is 1. The van der Waals surface area contributed by atoms with E-state index < -0.39 is 10.0 Å². The summed E-state index contributed by atoms with van der Waals surface area (Å²) in [6, 6.07) is 16.8. The van der Waals surface area contributed by atoms with Crippen LogP contribution in [0.2, 0.25) is 0 Å². The molecule has 26 heavy (non-hydrogen) atoms. The van der Waals surface area contributed by atoms with Gasteiger partial charge in [-0.05, 0) is 31.2 Å². The molecule has 5 nitrogen and oxygen atoms in total. The van der Waals surface area contributed by atoms with Gasteiger partial charge in [-0.25, -0.2) is 17.7 Å². The number of para-hydroxylation sites is 1. The highest BCUT2D eigenvalue weighted by molar-refractivity contribution is 7.89. The van der Waals surface area contributed by atoms with E-state index in [9.17, 15) is 8.42 Å². The van der Waals surface area contributed by atoms with Crippen molar-refractivity contribution in [3.63, 3.8) is 0 Å². The van der Waals surface area contributed by atoms with E-state index in [1.807, 2.05) is 41.8 Å². The summed E-state index contributed by atoms with van der Waals surface area (Å²) in [5.41, 5.74) is 2.72. The van der Waals surface area contributed by atoms with Crippen LogP contribution in [0.3, 0.4) is 0 Å². The first-order valence-electron chi connectivity index (χ1n) is 8.24. The largest absolute Gasteiger partial charge is 0.317 e. The summed E-state index contributed by atoms with van der Waals surface area (Å²) in [4.78, 5) is 5.88. The normalized spacial score (nSPS) is 12.7. The Balaban J connectivity index is 2.11. The lowest BCUT2D eigenvalue weighted by molar-refractivity contribution is 0.521. The molecule has 0 aliphatic rings. The highest BCUT2D eigenvalue weighted by atomic mass is 32.2. The van der Waals surface area contributed by atoms with Crippen LogP contribution in [0.1, 0.15) is 6.92 Å². The molecule has 0 aliphatic carbocycles. The highest BCUT2D eigenvalue weighted by Gasteiger charge is 2.18. The molecule has 0 fully saturated rings. The average Bonchev–Trinajstić information content (AvgIpc) is 3.05. The van der Waals surface area contributed by atoms with Crippen molar-refractivity contribution in [2.75, 3.05) is 14.1 Å². The van der Waals surface area contributed by atoms with Gasteiger partial charge in [0, 0.05) is 31.6 Å². The minimum absolute atomic E-state index is 0.287. The van der Waals surface area contributed by atoms with E-state index in [4.69, 9.17) is 4.99 Å². The predicted octanol–water partition coefficient (Wildman–Crippen LogP) is 3.72. The minimum atomic E-state index is -3.46. The summed E-state index contributed by atoms with van der Waals surface area (Å²) in [7, 11) is -0.390. The SMILES string of the molecule is CCn1c(-c2cccc(S(=O)(=O)N(C)C)c2)csc1=Nc1ccccc1. The van der Waals surface area contributed by atoms with Gasteiger partial charge >= 0.3 is 0 Å². The van der Waals surface area contributed by atoms with Crippen LogP contribution in [0.4, 0.5) is 5.69 Å². The smallest absolute Gasteiger partial charge is 0.242 e. The summed E-state index contributed by atoms with van der Waals surface area (Å²) in [5.74, 6) is 0. The summed E-state index contributed by atoms with van der Waals surface area (Å²) in [6.45, 7) is 2.80. The van der Waals surface area contributed by atoms with Gasteiger partial charge in [-0.3, -0.25) is 0 Å². The molecule has 1 aromatic heterocycles. The lowest BCUT2D eigenvalue weighted by atomic mass is 10.2. The fourth-order valence-corrected chi connectivity index (χ4v) is 4.54. The molecule has 0 atom stereocenters. The third-order valence-electron chi connectivity index (χ3n) is 4.00. The minimum Gasteiger partial charge on any atom is -0.317 e. The van der Waals surface area contributed by atoms with Gasteiger partial charge in [0.25, 0.3) is 0 Å². The van der Waals surface area contributed by atoms with Crippen LogP contribution in [0.15, 0.2) is 69.9 Å². The van der Waals surface area contributed by atoms with Gasteiger partial charge in [-0.15, -0.1) is 11.3 Å². The van der Waals surface area contributed by atoms with Gasteiger partial charge in [0.15, 0.2) is 4.80 Å². The molecule has 3 aromatic rings. The lowest BCUT2D eigenvalue weighted by Gasteiger charge is -2.13. The Morgan fingerprint density at radius 2 is 1.81 bits per heavy atom. The molecule has 0 spiro atoms. The van der Waals surface area contributed by atoms with E-state index in [1.54, 1.807) is 29.5 Å². The summed E-state index contributed by atoms with van der Waals surface area (Å²) < 4.78 is 28.2. The highest BCUT2D eigenvalue weighted by Crippen LogP contribution is 2.24. The standard InChI is InChI=1S/C19H21N3O2S2/c1-4-22-18(14-25-19(22)20-16-10-6-5-7-11-16)15-9-8-12-17(13-15)26(23,24)21(2)3/h5-14H,4H2,1-3H3. The van der Waals surface area contributed by atoms with Crippen molar-refractivity contribution in [1.29, 1.82) is 0 Å². The number of nitrogens with zero attached hydrogens (tertiary/aromatic N) is 3. The second-order valence-electron chi connectivity index (χ2n) is 5.91. The quantitative estimate of drug-likeness (QED) is 0.670. The first kappa shape index (κ1) is 18.6. The maximum atomic E-state index is 12.4. The molecule has 3 rings (SSSR count). The lowest BCUT2D eigenvalue weighted by Crippen LogP contribution is -2.22. The molecule has 0 unspecified atom stereocenters. The van der Waals surface area contributed by atoms with E-state index in [0.717, 1.165) is 28.3 Å². The van der Waals surface area contributed by atoms with Crippen LogP contribution in [0.25, 0.3) is 11.3 Å². The monoisotopic (exact) mass is 387 g/mol. The second kappa shape index (κ2) is 7.57. The number of rotatable bonds is 5. The molecule has 0 amide bonds. The zero-order valence-corrected chi connectivity index (χ0v) is 16.6. The van der Waals surface area contributed by atoms with Crippen molar-refractivity contribution in [2.45, 2.75) is 18.4 Å². The van der Waals surface area contributed by atoms with E-state index in [1.165, 1.54) is 18.4 Å². The number of aromatic nitrogens is 1. The van der Waals surface area contributed by atoms with Crippen molar-refractivity contribution < 1.29 is 8.42 Å². The molecular formula is C19H21N3O2S2. The topological polar surface area (TPSA) is 54.7 Å². The zero-order valence-electron chi connectivity index (χ0n) is 15.0. The van der Waals surface area contributed by atoms with E-state index in [-0.39, 0.29) is 4.90 Å². The molecule has 0 aliphatic heterocycles. The Bertz CT molecular complexity index is 1070. The Morgan fingerprint density at radius 1 is 1.08 bits per heavy atom. The molecule has 0 saturated heterocycles. The van der Waals surface area contributed by atoms with Gasteiger partial charge < -0.3 is 4.57 Å². The molecule has 136 valence electrons. The maximum Gasteiger partial charge on any atom is 0.242 e. The first-order chi connectivity index (χ1) is 12.4. The van der Waals surface area contributed by atoms with Gasteiger partial charge in [0.05, 0.1) is 16.3 Å².